The molecule has 3 nitrogen and oxygen atoms in total. The van der Waals surface area contributed by atoms with Crippen LogP contribution in [0.3, 0.4) is 0 Å². The Morgan fingerprint density at radius 3 is 2.53 bits per heavy atom. The predicted molar refractivity (Wildman–Crippen MR) is 77.9 cm³/mol. The van der Waals surface area contributed by atoms with Gasteiger partial charge in [-0.3, -0.25) is 0 Å². The lowest BCUT2D eigenvalue weighted by Crippen LogP contribution is -2.00. The minimum Gasteiger partial charge on any atom is -0.464 e. The molecule has 0 aliphatic heterocycles. The van der Waals surface area contributed by atoms with Gasteiger partial charge >= 0.3 is 0 Å². The molecule has 0 fully saturated rings. The maximum absolute atomic E-state index is 5.91. The van der Waals surface area contributed by atoms with Gasteiger partial charge in [0, 0.05) is 11.6 Å². The zero-order chi connectivity index (χ0) is 13.7. The molecule has 0 amide bonds. The van der Waals surface area contributed by atoms with Crippen LogP contribution in [-0.2, 0) is 4.74 Å². The molecule has 2 rings (SSSR count). The van der Waals surface area contributed by atoms with E-state index in [0.717, 1.165) is 15.8 Å². The molecule has 0 N–H and O–H groups in total. The van der Waals surface area contributed by atoms with Gasteiger partial charge in [-0.1, -0.05) is 34.1 Å². The summed E-state index contributed by atoms with van der Waals surface area (Å²) in [5, 5.41) is 0. The van der Waals surface area contributed by atoms with Crippen molar-refractivity contribution in [2.45, 2.75) is 6.92 Å². The summed E-state index contributed by atoms with van der Waals surface area (Å²) in [6, 6.07) is 13.5. The van der Waals surface area contributed by atoms with Crippen molar-refractivity contribution >= 4 is 15.9 Å². The highest BCUT2D eigenvalue weighted by Gasteiger charge is 2.08. The first kappa shape index (κ1) is 13.9. The van der Waals surface area contributed by atoms with E-state index in [0.29, 0.717) is 11.5 Å². The van der Waals surface area contributed by atoms with Gasteiger partial charge in [0.15, 0.2) is 18.3 Å². The van der Waals surface area contributed by atoms with Crippen LogP contribution in [0.15, 0.2) is 46.9 Å². The van der Waals surface area contributed by atoms with E-state index in [9.17, 15) is 0 Å². The smallest absolute Gasteiger partial charge is 0.188 e. The zero-order valence-corrected chi connectivity index (χ0v) is 12.4. The number of hydrogen-bond donors (Lipinski definition) is 0. The lowest BCUT2D eigenvalue weighted by Gasteiger charge is -2.13. The first-order chi connectivity index (χ1) is 9.20. The molecule has 0 radical (unpaired) electrons. The summed E-state index contributed by atoms with van der Waals surface area (Å²) in [6.07, 6.45) is 0. The number of halogens is 1. The van der Waals surface area contributed by atoms with Crippen molar-refractivity contribution in [1.29, 1.82) is 0 Å². The Bertz CT molecular complexity index is 555. The predicted octanol–water partition coefficient (Wildman–Crippen LogP) is 4.53. The van der Waals surface area contributed by atoms with Crippen LogP contribution in [-0.4, -0.2) is 13.9 Å². The number of hydrogen-bond acceptors (Lipinski definition) is 3. The summed E-state index contributed by atoms with van der Waals surface area (Å²) in [5.74, 6) is 2.11. The Morgan fingerprint density at radius 2 is 1.79 bits per heavy atom. The molecule has 0 saturated carbocycles. The van der Waals surface area contributed by atoms with Gasteiger partial charge in [-0.2, -0.15) is 0 Å². The lowest BCUT2D eigenvalue weighted by molar-refractivity contribution is 0.0495. The van der Waals surface area contributed by atoms with E-state index in [1.807, 2.05) is 49.4 Å². The second-order valence-corrected chi connectivity index (χ2v) is 4.93. The molecule has 0 saturated heterocycles. The van der Waals surface area contributed by atoms with Crippen LogP contribution in [0.2, 0.25) is 0 Å². The lowest BCUT2D eigenvalue weighted by atomic mass is 10.2. The molecule has 0 aliphatic rings. The largest absolute Gasteiger partial charge is 0.464 e. The topological polar surface area (TPSA) is 27.7 Å². The fourth-order valence-electron chi connectivity index (χ4n) is 1.59. The summed E-state index contributed by atoms with van der Waals surface area (Å²) in [5.41, 5.74) is 1.07. The van der Waals surface area contributed by atoms with Crippen molar-refractivity contribution in [2.75, 3.05) is 13.9 Å². The van der Waals surface area contributed by atoms with E-state index in [1.165, 1.54) is 0 Å². The second-order valence-electron chi connectivity index (χ2n) is 4.01. The number of benzene rings is 2. The van der Waals surface area contributed by atoms with Crippen LogP contribution in [0.5, 0.6) is 17.2 Å². The fourth-order valence-corrected chi connectivity index (χ4v) is 1.93. The first-order valence-corrected chi connectivity index (χ1v) is 6.65. The quantitative estimate of drug-likeness (QED) is 0.757. The molecule has 0 aromatic heterocycles. The van der Waals surface area contributed by atoms with Crippen LogP contribution in [0, 0.1) is 6.92 Å². The molecule has 0 bridgehead atoms. The van der Waals surface area contributed by atoms with Gasteiger partial charge in [-0.05, 0) is 36.8 Å². The van der Waals surface area contributed by atoms with E-state index in [1.54, 1.807) is 7.11 Å². The second kappa shape index (κ2) is 6.59. The van der Waals surface area contributed by atoms with Crippen molar-refractivity contribution in [3.8, 4) is 17.2 Å². The highest BCUT2D eigenvalue weighted by Crippen LogP contribution is 2.35. The minimum absolute atomic E-state index is 0.186. The van der Waals surface area contributed by atoms with Gasteiger partial charge in [0.1, 0.15) is 5.75 Å². The minimum atomic E-state index is 0.186. The van der Waals surface area contributed by atoms with E-state index in [-0.39, 0.29) is 6.79 Å². The summed E-state index contributed by atoms with van der Waals surface area (Å²) in [4.78, 5) is 0. The van der Waals surface area contributed by atoms with Gasteiger partial charge < -0.3 is 14.2 Å². The maximum Gasteiger partial charge on any atom is 0.188 e. The Balaban J connectivity index is 2.27. The SMILES string of the molecule is COCOc1ccc(Br)cc1Oc1ccccc1C. The van der Waals surface area contributed by atoms with Crippen LogP contribution in [0.1, 0.15) is 5.56 Å². The highest BCUT2D eigenvalue weighted by molar-refractivity contribution is 9.10. The van der Waals surface area contributed by atoms with Crippen molar-refractivity contribution in [3.05, 3.63) is 52.5 Å². The van der Waals surface area contributed by atoms with Gasteiger partial charge in [0.05, 0.1) is 0 Å². The van der Waals surface area contributed by atoms with Gasteiger partial charge in [-0.25, -0.2) is 0 Å². The Morgan fingerprint density at radius 1 is 1.00 bits per heavy atom. The molecular weight excluding hydrogens is 308 g/mol. The third-order valence-corrected chi connectivity index (χ3v) is 3.04. The summed E-state index contributed by atoms with van der Waals surface area (Å²) in [7, 11) is 1.58. The summed E-state index contributed by atoms with van der Waals surface area (Å²) in [6.45, 7) is 2.19. The standard InChI is InChI=1S/C15H15BrO3/c1-11-5-3-4-6-13(11)19-15-9-12(16)7-8-14(15)18-10-17-2/h3-9H,10H2,1-2H3. The molecule has 2 aromatic rings. The molecule has 0 heterocycles. The van der Waals surface area contributed by atoms with Gasteiger partial charge in [-0.15, -0.1) is 0 Å². The Labute approximate surface area is 121 Å². The van der Waals surface area contributed by atoms with Crippen molar-refractivity contribution < 1.29 is 14.2 Å². The number of aryl methyl sites for hydroxylation is 1. The van der Waals surface area contributed by atoms with Gasteiger partial charge in [0.25, 0.3) is 0 Å². The molecule has 19 heavy (non-hydrogen) atoms. The van der Waals surface area contributed by atoms with Crippen LogP contribution >= 0.6 is 15.9 Å². The van der Waals surface area contributed by atoms with E-state index >= 15 is 0 Å². The Kier molecular flexibility index (Phi) is 4.82. The Hall–Kier alpha value is -1.52. The summed E-state index contributed by atoms with van der Waals surface area (Å²) >= 11 is 3.43. The van der Waals surface area contributed by atoms with E-state index < -0.39 is 0 Å². The maximum atomic E-state index is 5.91. The average Bonchev–Trinajstić information content (AvgIpc) is 2.40. The number of para-hydroxylation sites is 1. The third kappa shape index (κ3) is 3.72. The fraction of sp³-hybridized carbons (Fsp3) is 0.200. The summed E-state index contributed by atoms with van der Waals surface area (Å²) < 4.78 is 17.2. The monoisotopic (exact) mass is 322 g/mol. The molecule has 0 unspecified atom stereocenters. The molecule has 100 valence electrons. The first-order valence-electron chi connectivity index (χ1n) is 5.85. The van der Waals surface area contributed by atoms with Crippen molar-refractivity contribution in [3.63, 3.8) is 0 Å². The van der Waals surface area contributed by atoms with E-state index in [2.05, 4.69) is 15.9 Å². The van der Waals surface area contributed by atoms with Gasteiger partial charge in [0.2, 0.25) is 0 Å². The molecule has 0 spiro atoms. The van der Waals surface area contributed by atoms with E-state index in [4.69, 9.17) is 14.2 Å². The van der Waals surface area contributed by atoms with Crippen LogP contribution < -0.4 is 9.47 Å². The number of rotatable bonds is 5. The third-order valence-electron chi connectivity index (χ3n) is 2.55. The average molecular weight is 323 g/mol. The van der Waals surface area contributed by atoms with Crippen molar-refractivity contribution in [1.82, 2.24) is 0 Å². The number of methoxy groups -OCH3 is 1. The molecule has 0 aliphatic carbocycles. The van der Waals surface area contributed by atoms with Crippen molar-refractivity contribution in [2.24, 2.45) is 0 Å². The zero-order valence-electron chi connectivity index (χ0n) is 10.9. The number of ether oxygens (including phenoxy) is 3. The van der Waals surface area contributed by atoms with Crippen LogP contribution in [0.4, 0.5) is 0 Å². The molecule has 0 atom stereocenters. The highest BCUT2D eigenvalue weighted by atomic mass is 79.9. The molecular formula is C15H15BrO3. The molecule has 2 aromatic carbocycles. The van der Waals surface area contributed by atoms with Crippen LogP contribution in [0.25, 0.3) is 0 Å². The molecule has 4 heteroatoms. The normalized spacial score (nSPS) is 10.3.